The summed E-state index contributed by atoms with van der Waals surface area (Å²) < 4.78 is 27.7. The average molecular weight is 325 g/mol. The maximum atomic E-state index is 12.4. The Morgan fingerprint density at radius 1 is 1.19 bits per heavy atom. The van der Waals surface area contributed by atoms with Crippen molar-refractivity contribution in [2.45, 2.75) is 31.5 Å². The van der Waals surface area contributed by atoms with Crippen LogP contribution in [0.5, 0.6) is 0 Å². The molecule has 0 aromatic carbocycles. The summed E-state index contributed by atoms with van der Waals surface area (Å²) in [4.78, 5) is 5.26. The van der Waals surface area contributed by atoms with E-state index in [-0.39, 0.29) is 0 Å². The number of nitrogens with zero attached hydrogens (tertiary/aromatic N) is 1. The van der Waals surface area contributed by atoms with Gasteiger partial charge in [-0.1, -0.05) is 6.92 Å². The van der Waals surface area contributed by atoms with E-state index in [9.17, 15) is 8.42 Å². The monoisotopic (exact) mass is 325 g/mol. The third-order valence-corrected chi connectivity index (χ3v) is 5.86. The van der Waals surface area contributed by atoms with E-state index in [4.69, 9.17) is 0 Å². The number of nitrogens with one attached hydrogen (secondary N) is 2. The molecule has 0 aliphatic rings. The summed E-state index contributed by atoms with van der Waals surface area (Å²) >= 11 is 1.27. The van der Waals surface area contributed by atoms with Crippen molar-refractivity contribution in [1.29, 1.82) is 0 Å². The van der Waals surface area contributed by atoms with Crippen LogP contribution in [0.4, 0.5) is 5.69 Å². The van der Waals surface area contributed by atoms with Gasteiger partial charge in [-0.2, -0.15) is 0 Å². The molecule has 7 heteroatoms. The van der Waals surface area contributed by atoms with E-state index in [2.05, 4.69) is 15.0 Å². The van der Waals surface area contributed by atoms with Crippen LogP contribution in [0, 0.1) is 13.8 Å². The van der Waals surface area contributed by atoms with E-state index >= 15 is 0 Å². The quantitative estimate of drug-likeness (QED) is 0.856. The first-order chi connectivity index (χ1) is 9.92. The molecule has 114 valence electrons. The molecule has 0 aliphatic heterocycles. The summed E-state index contributed by atoms with van der Waals surface area (Å²) in [5, 5.41) is 3.18. The summed E-state index contributed by atoms with van der Waals surface area (Å²) in [7, 11) is -3.55. The molecule has 0 bridgehead atoms. The predicted molar refractivity (Wildman–Crippen MR) is 86.2 cm³/mol. The third-order valence-electron chi connectivity index (χ3n) is 2.92. The Morgan fingerprint density at radius 2 is 1.95 bits per heavy atom. The lowest BCUT2D eigenvalue weighted by atomic mass is 10.3. The molecule has 2 heterocycles. The standard InChI is InChI=1S/C14H19N3O2S2/c1-4-15-9-12-6-8-14(20-12)21(18,19)17-13-7-5-10(2)16-11(13)3/h5-8,15,17H,4,9H2,1-3H3. The molecule has 0 unspecified atom stereocenters. The third kappa shape index (κ3) is 4.03. The van der Waals surface area contributed by atoms with E-state index in [0.29, 0.717) is 22.1 Å². The highest BCUT2D eigenvalue weighted by Crippen LogP contribution is 2.25. The Bertz CT molecular complexity index is 724. The van der Waals surface area contributed by atoms with Gasteiger partial charge in [0.2, 0.25) is 0 Å². The fraction of sp³-hybridized carbons (Fsp3) is 0.357. The second kappa shape index (κ2) is 6.55. The van der Waals surface area contributed by atoms with Crippen molar-refractivity contribution >= 4 is 27.0 Å². The smallest absolute Gasteiger partial charge is 0.271 e. The lowest BCUT2D eigenvalue weighted by Gasteiger charge is -2.09. The molecule has 5 nitrogen and oxygen atoms in total. The lowest BCUT2D eigenvalue weighted by Crippen LogP contribution is -2.13. The van der Waals surface area contributed by atoms with Gasteiger partial charge in [-0.25, -0.2) is 8.42 Å². The Morgan fingerprint density at radius 3 is 2.62 bits per heavy atom. The number of thiophene rings is 1. The summed E-state index contributed by atoms with van der Waals surface area (Å²) in [5.41, 5.74) is 2.05. The minimum Gasteiger partial charge on any atom is -0.312 e. The van der Waals surface area contributed by atoms with Crippen molar-refractivity contribution in [3.63, 3.8) is 0 Å². The normalized spacial score (nSPS) is 11.6. The van der Waals surface area contributed by atoms with Gasteiger partial charge < -0.3 is 5.32 Å². The van der Waals surface area contributed by atoms with Crippen molar-refractivity contribution in [2.24, 2.45) is 0 Å². The van der Waals surface area contributed by atoms with Gasteiger partial charge in [-0.05, 0) is 44.7 Å². The van der Waals surface area contributed by atoms with Crippen LogP contribution >= 0.6 is 11.3 Å². The molecule has 0 atom stereocenters. The van der Waals surface area contributed by atoms with Crippen molar-refractivity contribution in [3.05, 3.63) is 40.5 Å². The maximum absolute atomic E-state index is 12.4. The minimum atomic E-state index is -3.55. The van der Waals surface area contributed by atoms with Crippen LogP contribution in [-0.4, -0.2) is 19.9 Å². The van der Waals surface area contributed by atoms with Gasteiger partial charge in [0.15, 0.2) is 0 Å². The van der Waals surface area contributed by atoms with E-state index in [1.54, 1.807) is 25.1 Å². The van der Waals surface area contributed by atoms with E-state index in [0.717, 1.165) is 17.1 Å². The SMILES string of the molecule is CCNCc1ccc(S(=O)(=O)Nc2ccc(C)nc2C)s1. The zero-order chi connectivity index (χ0) is 15.5. The van der Waals surface area contributed by atoms with E-state index < -0.39 is 10.0 Å². The van der Waals surface area contributed by atoms with Crippen LogP contribution in [0.2, 0.25) is 0 Å². The number of rotatable bonds is 6. The molecular formula is C14H19N3O2S2. The maximum Gasteiger partial charge on any atom is 0.271 e. The summed E-state index contributed by atoms with van der Waals surface area (Å²) in [6.07, 6.45) is 0. The Hall–Kier alpha value is -1.44. The zero-order valence-electron chi connectivity index (χ0n) is 12.3. The molecule has 2 aromatic rings. The Kier molecular flexibility index (Phi) is 4.97. The molecule has 0 radical (unpaired) electrons. The van der Waals surface area contributed by atoms with Crippen molar-refractivity contribution < 1.29 is 8.42 Å². The molecule has 21 heavy (non-hydrogen) atoms. The average Bonchev–Trinajstić information content (AvgIpc) is 2.89. The number of pyridine rings is 1. The fourth-order valence-corrected chi connectivity index (χ4v) is 4.28. The van der Waals surface area contributed by atoms with Gasteiger partial charge in [0.25, 0.3) is 10.0 Å². The first kappa shape index (κ1) is 15.9. The summed E-state index contributed by atoms with van der Waals surface area (Å²) in [6.45, 7) is 7.21. The number of sulfonamides is 1. The highest BCUT2D eigenvalue weighted by Gasteiger charge is 2.18. The van der Waals surface area contributed by atoms with Crippen molar-refractivity contribution in [3.8, 4) is 0 Å². The van der Waals surface area contributed by atoms with Crippen molar-refractivity contribution in [1.82, 2.24) is 10.3 Å². The van der Waals surface area contributed by atoms with E-state index in [1.165, 1.54) is 11.3 Å². The van der Waals surface area contributed by atoms with Crippen molar-refractivity contribution in [2.75, 3.05) is 11.3 Å². The molecule has 2 N–H and O–H groups in total. The molecule has 0 fully saturated rings. The molecule has 0 aliphatic carbocycles. The van der Waals surface area contributed by atoms with Crippen LogP contribution in [0.15, 0.2) is 28.5 Å². The number of hydrogen-bond donors (Lipinski definition) is 2. The summed E-state index contributed by atoms with van der Waals surface area (Å²) in [6, 6.07) is 7.00. The fourth-order valence-electron chi connectivity index (χ4n) is 1.84. The first-order valence-corrected chi connectivity index (χ1v) is 8.99. The van der Waals surface area contributed by atoms with E-state index in [1.807, 2.05) is 19.9 Å². The van der Waals surface area contributed by atoms with Crippen LogP contribution in [-0.2, 0) is 16.6 Å². The van der Waals surface area contributed by atoms with Gasteiger partial charge in [0.05, 0.1) is 11.4 Å². The zero-order valence-corrected chi connectivity index (χ0v) is 13.9. The van der Waals surface area contributed by atoms with Gasteiger partial charge >= 0.3 is 0 Å². The minimum absolute atomic E-state index is 0.315. The Balaban J connectivity index is 2.19. The molecule has 0 amide bonds. The van der Waals surface area contributed by atoms with Gasteiger partial charge in [0, 0.05) is 17.1 Å². The molecule has 0 spiro atoms. The lowest BCUT2D eigenvalue weighted by molar-refractivity contribution is 0.603. The van der Waals surface area contributed by atoms with Gasteiger partial charge in [-0.3, -0.25) is 9.71 Å². The van der Waals surface area contributed by atoms with Crippen LogP contribution in [0.1, 0.15) is 23.2 Å². The van der Waals surface area contributed by atoms with Crippen LogP contribution < -0.4 is 10.0 Å². The molecule has 2 aromatic heterocycles. The molecule has 0 saturated carbocycles. The Labute approximate surface area is 129 Å². The number of hydrogen-bond acceptors (Lipinski definition) is 5. The second-order valence-electron chi connectivity index (χ2n) is 4.69. The van der Waals surface area contributed by atoms with Crippen LogP contribution in [0.3, 0.4) is 0 Å². The topological polar surface area (TPSA) is 71.1 Å². The number of aryl methyl sites for hydroxylation is 2. The largest absolute Gasteiger partial charge is 0.312 e. The highest BCUT2D eigenvalue weighted by molar-refractivity contribution is 7.94. The predicted octanol–water partition coefficient (Wildman–Crippen LogP) is 2.67. The number of anilines is 1. The van der Waals surface area contributed by atoms with Gasteiger partial charge in [0.1, 0.15) is 4.21 Å². The van der Waals surface area contributed by atoms with Crippen LogP contribution in [0.25, 0.3) is 0 Å². The molecular weight excluding hydrogens is 306 g/mol. The highest BCUT2D eigenvalue weighted by atomic mass is 32.2. The molecule has 2 rings (SSSR count). The van der Waals surface area contributed by atoms with Gasteiger partial charge in [-0.15, -0.1) is 11.3 Å². The summed E-state index contributed by atoms with van der Waals surface area (Å²) in [5.74, 6) is 0. The number of aromatic nitrogens is 1. The first-order valence-electron chi connectivity index (χ1n) is 6.69. The molecule has 0 saturated heterocycles. The second-order valence-corrected chi connectivity index (χ2v) is 7.77.